The Morgan fingerprint density at radius 3 is 2.60 bits per heavy atom. The Hall–Kier alpha value is -0.830. The molecule has 0 N–H and O–H groups in total. The van der Waals surface area contributed by atoms with Gasteiger partial charge in [0.25, 0.3) is 5.91 Å². The Kier molecular flexibility index (Phi) is 3.10. The van der Waals surface area contributed by atoms with E-state index in [4.69, 9.17) is 0 Å². The average molecular weight is 268 g/mol. The van der Waals surface area contributed by atoms with Gasteiger partial charge in [-0.2, -0.15) is 0 Å². The molecule has 0 spiro atoms. The standard InChI is InChI=1S/C12H14BrNO/c1-9-4-5-10(11(13)8-9)12(15)14-6-2-3-7-14/h4-5,8H,2-3,6-7H2,1H3. The minimum atomic E-state index is 0.152. The van der Waals surface area contributed by atoms with Crippen LogP contribution in [0.2, 0.25) is 0 Å². The molecule has 1 saturated heterocycles. The van der Waals surface area contributed by atoms with Crippen LogP contribution in [0.5, 0.6) is 0 Å². The number of carbonyl (C=O) groups excluding carboxylic acids is 1. The van der Waals surface area contributed by atoms with Gasteiger partial charge >= 0.3 is 0 Å². The van der Waals surface area contributed by atoms with Gasteiger partial charge in [0.15, 0.2) is 0 Å². The van der Waals surface area contributed by atoms with Crippen LogP contribution >= 0.6 is 15.9 Å². The number of nitrogens with zero attached hydrogens (tertiary/aromatic N) is 1. The first-order valence-electron chi connectivity index (χ1n) is 5.24. The molecular formula is C12H14BrNO. The summed E-state index contributed by atoms with van der Waals surface area (Å²) in [5.74, 6) is 0.152. The Bertz CT molecular complexity index is 383. The van der Waals surface area contributed by atoms with E-state index in [1.54, 1.807) is 0 Å². The Labute approximate surface area is 98.4 Å². The topological polar surface area (TPSA) is 20.3 Å². The van der Waals surface area contributed by atoms with Crippen molar-refractivity contribution in [2.24, 2.45) is 0 Å². The lowest BCUT2D eigenvalue weighted by Gasteiger charge is -2.16. The minimum Gasteiger partial charge on any atom is -0.339 e. The maximum Gasteiger partial charge on any atom is 0.254 e. The molecule has 2 rings (SSSR count). The zero-order valence-electron chi connectivity index (χ0n) is 8.79. The second-order valence-electron chi connectivity index (χ2n) is 3.98. The summed E-state index contributed by atoms with van der Waals surface area (Å²) in [4.78, 5) is 14.0. The fraction of sp³-hybridized carbons (Fsp3) is 0.417. The molecule has 0 bridgehead atoms. The third-order valence-corrected chi connectivity index (χ3v) is 3.40. The maximum absolute atomic E-state index is 12.1. The van der Waals surface area contributed by atoms with E-state index in [9.17, 15) is 4.79 Å². The van der Waals surface area contributed by atoms with Crippen LogP contribution in [0.3, 0.4) is 0 Å². The third kappa shape index (κ3) is 2.23. The lowest BCUT2D eigenvalue weighted by atomic mass is 10.1. The molecule has 1 amide bonds. The van der Waals surface area contributed by atoms with Gasteiger partial charge in [-0.3, -0.25) is 4.79 Å². The van der Waals surface area contributed by atoms with E-state index in [0.29, 0.717) is 0 Å². The second-order valence-corrected chi connectivity index (χ2v) is 4.84. The molecule has 0 radical (unpaired) electrons. The molecule has 1 aromatic carbocycles. The monoisotopic (exact) mass is 267 g/mol. The van der Waals surface area contributed by atoms with E-state index in [2.05, 4.69) is 15.9 Å². The lowest BCUT2D eigenvalue weighted by Crippen LogP contribution is -2.27. The summed E-state index contributed by atoms with van der Waals surface area (Å²) < 4.78 is 0.902. The third-order valence-electron chi connectivity index (χ3n) is 2.75. The Morgan fingerprint density at radius 2 is 2.00 bits per heavy atom. The van der Waals surface area contributed by atoms with Crippen molar-refractivity contribution < 1.29 is 4.79 Å². The molecule has 2 nitrogen and oxygen atoms in total. The summed E-state index contributed by atoms with van der Waals surface area (Å²) in [6, 6.07) is 5.87. The van der Waals surface area contributed by atoms with Gasteiger partial charge in [0.2, 0.25) is 0 Å². The van der Waals surface area contributed by atoms with Crippen molar-refractivity contribution in [3.05, 3.63) is 33.8 Å². The van der Waals surface area contributed by atoms with E-state index < -0.39 is 0 Å². The SMILES string of the molecule is Cc1ccc(C(=O)N2CCCC2)c(Br)c1. The van der Waals surface area contributed by atoms with Crippen LogP contribution in [0.15, 0.2) is 22.7 Å². The molecule has 80 valence electrons. The molecule has 1 fully saturated rings. The zero-order valence-corrected chi connectivity index (χ0v) is 10.4. The molecular weight excluding hydrogens is 254 g/mol. The second kappa shape index (κ2) is 4.35. The molecule has 1 aliphatic heterocycles. The van der Waals surface area contributed by atoms with Gasteiger partial charge in [0.1, 0.15) is 0 Å². The number of halogens is 1. The molecule has 0 atom stereocenters. The van der Waals surface area contributed by atoms with Gasteiger partial charge in [-0.05, 0) is 53.4 Å². The molecule has 0 saturated carbocycles. The number of hydrogen-bond donors (Lipinski definition) is 0. The molecule has 1 aromatic rings. The predicted molar refractivity (Wildman–Crippen MR) is 64.0 cm³/mol. The van der Waals surface area contributed by atoms with Crippen LogP contribution in [0.4, 0.5) is 0 Å². The summed E-state index contributed by atoms with van der Waals surface area (Å²) in [5, 5.41) is 0. The largest absolute Gasteiger partial charge is 0.339 e. The minimum absolute atomic E-state index is 0.152. The van der Waals surface area contributed by atoms with Crippen molar-refractivity contribution >= 4 is 21.8 Å². The fourth-order valence-corrected chi connectivity index (χ4v) is 2.55. The summed E-state index contributed by atoms with van der Waals surface area (Å²) in [6.45, 7) is 3.83. The first kappa shape index (κ1) is 10.7. The maximum atomic E-state index is 12.1. The first-order chi connectivity index (χ1) is 7.18. The number of likely N-dealkylation sites (tertiary alicyclic amines) is 1. The Balaban J connectivity index is 2.24. The van der Waals surface area contributed by atoms with Gasteiger partial charge in [-0.1, -0.05) is 6.07 Å². The summed E-state index contributed by atoms with van der Waals surface area (Å²) in [5.41, 5.74) is 1.95. The molecule has 0 aromatic heterocycles. The molecule has 0 aliphatic carbocycles. The van der Waals surface area contributed by atoms with E-state index in [1.165, 1.54) is 5.56 Å². The van der Waals surface area contributed by atoms with Gasteiger partial charge in [-0.15, -0.1) is 0 Å². The average Bonchev–Trinajstić information content (AvgIpc) is 2.69. The van der Waals surface area contributed by atoms with E-state index in [1.807, 2.05) is 30.0 Å². The molecule has 1 heterocycles. The highest BCUT2D eigenvalue weighted by Gasteiger charge is 2.20. The summed E-state index contributed by atoms with van der Waals surface area (Å²) >= 11 is 3.45. The van der Waals surface area contributed by atoms with E-state index in [0.717, 1.165) is 36.0 Å². The van der Waals surface area contributed by atoms with Crippen LogP contribution in [-0.4, -0.2) is 23.9 Å². The Morgan fingerprint density at radius 1 is 1.33 bits per heavy atom. The number of amides is 1. The highest BCUT2D eigenvalue weighted by atomic mass is 79.9. The summed E-state index contributed by atoms with van der Waals surface area (Å²) in [6.07, 6.45) is 2.27. The molecule has 1 aliphatic rings. The van der Waals surface area contributed by atoms with Gasteiger partial charge in [-0.25, -0.2) is 0 Å². The zero-order chi connectivity index (χ0) is 10.8. The van der Waals surface area contributed by atoms with Crippen LogP contribution in [0.25, 0.3) is 0 Å². The van der Waals surface area contributed by atoms with Crippen molar-refractivity contribution in [3.63, 3.8) is 0 Å². The molecule has 15 heavy (non-hydrogen) atoms. The normalized spacial score (nSPS) is 15.7. The van der Waals surface area contributed by atoms with Crippen molar-refractivity contribution in [2.75, 3.05) is 13.1 Å². The van der Waals surface area contributed by atoms with Crippen LogP contribution in [-0.2, 0) is 0 Å². The lowest BCUT2D eigenvalue weighted by molar-refractivity contribution is 0.0792. The smallest absolute Gasteiger partial charge is 0.254 e. The van der Waals surface area contributed by atoms with Gasteiger partial charge in [0.05, 0.1) is 5.56 Å². The van der Waals surface area contributed by atoms with Crippen molar-refractivity contribution in [1.82, 2.24) is 4.90 Å². The molecule has 3 heteroatoms. The predicted octanol–water partition coefficient (Wildman–Crippen LogP) is 2.99. The number of hydrogen-bond acceptors (Lipinski definition) is 1. The van der Waals surface area contributed by atoms with Gasteiger partial charge < -0.3 is 4.90 Å². The van der Waals surface area contributed by atoms with Gasteiger partial charge in [0, 0.05) is 17.6 Å². The quantitative estimate of drug-likeness (QED) is 0.766. The van der Waals surface area contributed by atoms with Crippen molar-refractivity contribution in [3.8, 4) is 0 Å². The van der Waals surface area contributed by atoms with E-state index in [-0.39, 0.29) is 5.91 Å². The number of carbonyl (C=O) groups is 1. The highest BCUT2D eigenvalue weighted by Crippen LogP contribution is 2.21. The van der Waals surface area contributed by atoms with Crippen molar-refractivity contribution in [1.29, 1.82) is 0 Å². The summed E-state index contributed by atoms with van der Waals surface area (Å²) in [7, 11) is 0. The fourth-order valence-electron chi connectivity index (χ4n) is 1.88. The first-order valence-corrected chi connectivity index (χ1v) is 6.03. The number of aryl methyl sites for hydroxylation is 1. The van der Waals surface area contributed by atoms with Crippen molar-refractivity contribution in [2.45, 2.75) is 19.8 Å². The number of rotatable bonds is 1. The van der Waals surface area contributed by atoms with Crippen LogP contribution in [0.1, 0.15) is 28.8 Å². The van der Waals surface area contributed by atoms with Crippen LogP contribution in [0, 0.1) is 6.92 Å². The number of benzene rings is 1. The molecule has 0 unspecified atom stereocenters. The van der Waals surface area contributed by atoms with E-state index >= 15 is 0 Å². The van der Waals surface area contributed by atoms with Crippen LogP contribution < -0.4 is 0 Å². The highest BCUT2D eigenvalue weighted by molar-refractivity contribution is 9.10.